The number of fused-ring (bicyclic) bond motifs is 1. The standard InChI is InChI=1S/C28H23ClF3N5O2/c1-16-8-19-10-24(36-23(19)9-17(16)2)21(18-6-4-3-5-7-18)13-33-27(38)26-22(29)11-20(37-14-34-35-15-37)12-25(26)39-28(30,31)32/h3-9,11-12,14-15,21H,10,13H2,1-2H3,(H,33,38). The lowest BCUT2D eigenvalue weighted by molar-refractivity contribution is -0.274. The molecule has 1 aliphatic heterocycles. The second kappa shape index (κ2) is 10.5. The van der Waals surface area contributed by atoms with E-state index in [-0.39, 0.29) is 23.2 Å². The largest absolute Gasteiger partial charge is 0.573 e. The highest BCUT2D eigenvalue weighted by molar-refractivity contribution is 6.34. The minimum absolute atomic E-state index is 0.0859. The van der Waals surface area contributed by atoms with Crippen molar-refractivity contribution < 1.29 is 22.7 Å². The molecule has 39 heavy (non-hydrogen) atoms. The fourth-order valence-corrected chi connectivity index (χ4v) is 4.86. The van der Waals surface area contributed by atoms with Crippen LogP contribution in [0.25, 0.3) is 5.69 Å². The first-order valence-electron chi connectivity index (χ1n) is 12.0. The number of nitrogens with zero attached hydrogens (tertiary/aromatic N) is 4. The number of nitrogens with one attached hydrogen (secondary N) is 1. The zero-order chi connectivity index (χ0) is 27.7. The molecule has 0 radical (unpaired) electrons. The molecule has 5 rings (SSSR count). The second-order valence-electron chi connectivity index (χ2n) is 9.24. The molecule has 0 bridgehead atoms. The Morgan fingerprint density at radius 1 is 1.08 bits per heavy atom. The molecular weight excluding hydrogens is 531 g/mol. The highest BCUT2D eigenvalue weighted by atomic mass is 35.5. The first-order chi connectivity index (χ1) is 18.6. The Bertz CT molecular complexity index is 1550. The molecule has 1 aromatic heterocycles. The van der Waals surface area contributed by atoms with Gasteiger partial charge in [0.15, 0.2) is 0 Å². The minimum Gasteiger partial charge on any atom is -0.405 e. The average Bonchev–Trinajstić information content (AvgIpc) is 3.54. The molecule has 2 heterocycles. The molecule has 200 valence electrons. The van der Waals surface area contributed by atoms with Gasteiger partial charge in [-0.1, -0.05) is 48.0 Å². The van der Waals surface area contributed by atoms with Crippen molar-refractivity contribution in [2.75, 3.05) is 6.54 Å². The van der Waals surface area contributed by atoms with Crippen LogP contribution in [-0.4, -0.2) is 39.3 Å². The van der Waals surface area contributed by atoms with Crippen LogP contribution in [0.1, 0.15) is 38.5 Å². The topological polar surface area (TPSA) is 81.4 Å². The van der Waals surface area contributed by atoms with E-state index in [2.05, 4.69) is 26.3 Å². The van der Waals surface area contributed by atoms with E-state index in [9.17, 15) is 18.0 Å². The Morgan fingerprint density at radius 2 is 1.77 bits per heavy atom. The molecule has 4 aromatic rings. The number of hydrogen-bond donors (Lipinski definition) is 1. The van der Waals surface area contributed by atoms with Crippen LogP contribution in [0.5, 0.6) is 5.75 Å². The van der Waals surface area contributed by atoms with E-state index < -0.39 is 23.6 Å². The van der Waals surface area contributed by atoms with E-state index in [1.54, 1.807) is 0 Å². The molecule has 7 nitrogen and oxygen atoms in total. The summed E-state index contributed by atoms with van der Waals surface area (Å²) in [5.41, 5.74) is 5.80. The number of hydrogen-bond acceptors (Lipinski definition) is 5. The van der Waals surface area contributed by atoms with Crippen LogP contribution in [0, 0.1) is 13.8 Å². The van der Waals surface area contributed by atoms with Gasteiger partial charge in [-0.2, -0.15) is 0 Å². The normalized spacial score (nSPS) is 13.5. The van der Waals surface area contributed by atoms with E-state index in [0.29, 0.717) is 6.42 Å². The number of alkyl halides is 3. The summed E-state index contributed by atoms with van der Waals surface area (Å²) in [4.78, 5) is 18.2. The van der Waals surface area contributed by atoms with Crippen molar-refractivity contribution in [2.45, 2.75) is 32.5 Å². The number of rotatable bonds is 7. The Balaban J connectivity index is 1.45. The fraction of sp³-hybridized carbons (Fsp3) is 0.214. The number of carbonyl (C=O) groups excluding carboxylic acids is 1. The van der Waals surface area contributed by atoms with Gasteiger partial charge in [-0.3, -0.25) is 14.4 Å². The number of aryl methyl sites for hydroxylation is 2. The van der Waals surface area contributed by atoms with Gasteiger partial charge < -0.3 is 10.1 Å². The van der Waals surface area contributed by atoms with Gasteiger partial charge >= 0.3 is 6.36 Å². The Morgan fingerprint density at radius 3 is 2.46 bits per heavy atom. The molecule has 0 aliphatic carbocycles. The van der Waals surface area contributed by atoms with Crippen LogP contribution in [0.2, 0.25) is 5.02 Å². The third kappa shape index (κ3) is 5.80. The van der Waals surface area contributed by atoms with Crippen molar-refractivity contribution in [1.29, 1.82) is 0 Å². The number of ether oxygens (including phenoxy) is 1. The highest BCUT2D eigenvalue weighted by Gasteiger charge is 2.34. The average molecular weight is 554 g/mol. The van der Waals surface area contributed by atoms with Crippen LogP contribution in [0.4, 0.5) is 18.9 Å². The van der Waals surface area contributed by atoms with Gasteiger partial charge in [0.2, 0.25) is 0 Å². The maximum Gasteiger partial charge on any atom is 0.573 e. The smallest absolute Gasteiger partial charge is 0.405 e. The number of amides is 1. The van der Waals surface area contributed by atoms with Crippen molar-refractivity contribution in [1.82, 2.24) is 20.1 Å². The Labute approximate surface area is 227 Å². The first kappa shape index (κ1) is 26.4. The molecule has 0 spiro atoms. The van der Waals surface area contributed by atoms with Crippen LogP contribution in [0.3, 0.4) is 0 Å². The summed E-state index contributed by atoms with van der Waals surface area (Å²) in [6.07, 6.45) is -1.87. The van der Waals surface area contributed by atoms with Gasteiger partial charge in [0.1, 0.15) is 24.0 Å². The minimum atomic E-state index is -5.04. The quantitative estimate of drug-likeness (QED) is 0.292. The van der Waals surface area contributed by atoms with Crippen molar-refractivity contribution in [3.63, 3.8) is 0 Å². The fourth-order valence-electron chi connectivity index (χ4n) is 4.57. The second-order valence-corrected chi connectivity index (χ2v) is 9.64. The predicted molar refractivity (Wildman–Crippen MR) is 141 cm³/mol. The van der Waals surface area contributed by atoms with Crippen molar-refractivity contribution in [2.24, 2.45) is 4.99 Å². The molecule has 11 heteroatoms. The lowest BCUT2D eigenvalue weighted by atomic mass is 9.91. The molecular formula is C28H23ClF3N5O2. The van der Waals surface area contributed by atoms with Gasteiger partial charge in [-0.15, -0.1) is 23.4 Å². The van der Waals surface area contributed by atoms with Gasteiger partial charge in [-0.25, -0.2) is 0 Å². The number of aliphatic imine (C=N–C) groups is 1. The van der Waals surface area contributed by atoms with Gasteiger partial charge in [0.25, 0.3) is 5.91 Å². The summed E-state index contributed by atoms with van der Waals surface area (Å²) < 4.78 is 45.4. The zero-order valence-electron chi connectivity index (χ0n) is 21.0. The Hall–Kier alpha value is -4.18. The summed E-state index contributed by atoms with van der Waals surface area (Å²) in [6.45, 7) is 4.15. The maximum atomic E-state index is 13.3. The zero-order valence-corrected chi connectivity index (χ0v) is 21.7. The summed E-state index contributed by atoms with van der Waals surface area (Å²) in [6, 6.07) is 16.1. The van der Waals surface area contributed by atoms with Crippen molar-refractivity contribution in [3.8, 4) is 11.4 Å². The van der Waals surface area contributed by atoms with Crippen LogP contribution < -0.4 is 10.1 Å². The lowest BCUT2D eigenvalue weighted by Crippen LogP contribution is -2.33. The van der Waals surface area contributed by atoms with Gasteiger partial charge in [0, 0.05) is 30.7 Å². The molecule has 0 fully saturated rings. The third-order valence-electron chi connectivity index (χ3n) is 6.61. The summed E-state index contributed by atoms with van der Waals surface area (Å²) in [5, 5.41) is 9.84. The monoisotopic (exact) mass is 553 g/mol. The molecule has 1 amide bonds. The molecule has 1 N–H and O–H groups in total. The van der Waals surface area contributed by atoms with E-state index in [1.165, 1.54) is 23.3 Å². The summed E-state index contributed by atoms with van der Waals surface area (Å²) >= 11 is 6.34. The van der Waals surface area contributed by atoms with Gasteiger partial charge in [0.05, 0.1) is 16.4 Å². The molecule has 1 atom stereocenters. The van der Waals surface area contributed by atoms with E-state index in [4.69, 9.17) is 16.6 Å². The van der Waals surface area contributed by atoms with Gasteiger partial charge in [-0.05, 0) is 48.2 Å². The third-order valence-corrected chi connectivity index (χ3v) is 6.91. The van der Waals surface area contributed by atoms with E-state index >= 15 is 0 Å². The van der Waals surface area contributed by atoms with Crippen LogP contribution in [0.15, 0.2) is 72.2 Å². The predicted octanol–water partition coefficient (Wildman–Crippen LogP) is 6.28. The number of aromatic nitrogens is 3. The SMILES string of the molecule is Cc1cc2c(cc1C)N=C(C(CNC(=O)c1c(Cl)cc(-n3cnnc3)cc1OC(F)(F)F)c1ccccc1)C2. The van der Waals surface area contributed by atoms with E-state index in [0.717, 1.165) is 39.7 Å². The first-order valence-corrected chi connectivity index (χ1v) is 12.4. The Kier molecular flexibility index (Phi) is 7.14. The molecule has 1 aliphatic rings. The number of benzene rings is 3. The molecule has 0 saturated carbocycles. The van der Waals surface area contributed by atoms with Crippen molar-refractivity contribution in [3.05, 3.63) is 100 Å². The maximum absolute atomic E-state index is 13.3. The van der Waals surface area contributed by atoms with Crippen molar-refractivity contribution >= 4 is 28.9 Å². The molecule has 1 unspecified atom stereocenters. The summed E-state index contributed by atoms with van der Waals surface area (Å²) in [7, 11) is 0. The molecule has 0 saturated heterocycles. The highest BCUT2D eigenvalue weighted by Crippen LogP contribution is 2.36. The lowest BCUT2D eigenvalue weighted by Gasteiger charge is -2.20. The molecule has 3 aromatic carbocycles. The number of carbonyl (C=O) groups is 1. The van der Waals surface area contributed by atoms with Crippen LogP contribution in [-0.2, 0) is 6.42 Å². The van der Waals surface area contributed by atoms with E-state index in [1.807, 2.05) is 50.2 Å². The number of halogens is 4. The van der Waals surface area contributed by atoms with Crippen LogP contribution >= 0.6 is 11.6 Å². The summed E-state index contributed by atoms with van der Waals surface area (Å²) in [5.74, 6) is -1.85.